The van der Waals surface area contributed by atoms with E-state index in [0.29, 0.717) is 18.4 Å². The highest BCUT2D eigenvalue weighted by Crippen LogP contribution is 2.19. The van der Waals surface area contributed by atoms with E-state index < -0.39 is 6.09 Å². The summed E-state index contributed by atoms with van der Waals surface area (Å²) in [5.41, 5.74) is 6.77. The molecule has 0 aliphatic rings. The molecule has 1 heterocycles. The Kier molecular flexibility index (Phi) is 6.35. The number of nitrogens with zero attached hydrogens (tertiary/aromatic N) is 3. The van der Waals surface area contributed by atoms with Gasteiger partial charge in [-0.2, -0.15) is 15.0 Å². The highest BCUT2D eigenvalue weighted by molar-refractivity contribution is 5.69. The Hall–Kier alpha value is -3.68. The minimum absolute atomic E-state index is 0.189. The molecular formula is C20H22N6O2. The van der Waals surface area contributed by atoms with E-state index in [4.69, 9.17) is 4.74 Å². The lowest BCUT2D eigenvalue weighted by Gasteiger charge is -2.12. The molecular weight excluding hydrogens is 356 g/mol. The van der Waals surface area contributed by atoms with Gasteiger partial charge in [-0.05, 0) is 18.1 Å². The fourth-order valence-electron chi connectivity index (χ4n) is 2.24. The van der Waals surface area contributed by atoms with Gasteiger partial charge in [0.2, 0.25) is 11.9 Å². The summed E-state index contributed by atoms with van der Waals surface area (Å²) in [5, 5.41) is 3.14. The number of hydrogen-bond acceptors (Lipinski definition) is 7. The molecule has 3 rings (SSSR count). The summed E-state index contributed by atoms with van der Waals surface area (Å²) in [6.07, 6.45) is -0.604. The summed E-state index contributed by atoms with van der Waals surface area (Å²) in [5.74, 6) is 1.25. The maximum Gasteiger partial charge on any atom is 0.426 e. The van der Waals surface area contributed by atoms with Crippen molar-refractivity contribution in [1.82, 2.24) is 20.4 Å². The molecule has 8 heteroatoms. The average molecular weight is 378 g/mol. The van der Waals surface area contributed by atoms with Crippen LogP contribution in [0.5, 0.6) is 0 Å². The van der Waals surface area contributed by atoms with Gasteiger partial charge < -0.3 is 10.1 Å². The van der Waals surface area contributed by atoms with E-state index in [-0.39, 0.29) is 11.9 Å². The third-order valence-corrected chi connectivity index (χ3v) is 3.52. The fraction of sp³-hybridized carbons (Fsp3) is 0.200. The number of aromatic nitrogens is 3. The maximum absolute atomic E-state index is 11.8. The van der Waals surface area contributed by atoms with Crippen molar-refractivity contribution >= 4 is 23.7 Å². The summed E-state index contributed by atoms with van der Waals surface area (Å²) < 4.78 is 5.07. The van der Waals surface area contributed by atoms with Crippen LogP contribution in [0.4, 0.5) is 22.4 Å². The van der Waals surface area contributed by atoms with Gasteiger partial charge in [0.05, 0.1) is 6.61 Å². The second-order valence-corrected chi connectivity index (χ2v) is 6.41. The number of anilines is 3. The zero-order valence-corrected chi connectivity index (χ0v) is 15.7. The van der Waals surface area contributed by atoms with E-state index in [1.165, 1.54) is 0 Å². The minimum Gasteiger partial charge on any atom is -0.448 e. The number of carbonyl (C=O) groups excluding carboxylic acids is 1. The van der Waals surface area contributed by atoms with E-state index in [0.717, 1.165) is 11.3 Å². The first-order chi connectivity index (χ1) is 13.6. The predicted octanol–water partition coefficient (Wildman–Crippen LogP) is 3.99. The van der Waals surface area contributed by atoms with Gasteiger partial charge in [0.1, 0.15) is 0 Å². The van der Waals surface area contributed by atoms with Crippen molar-refractivity contribution < 1.29 is 9.53 Å². The second-order valence-electron chi connectivity index (χ2n) is 6.41. The van der Waals surface area contributed by atoms with Crippen LogP contribution in [0.15, 0.2) is 60.7 Å². The monoisotopic (exact) mass is 378 g/mol. The molecule has 0 spiro atoms. The summed E-state index contributed by atoms with van der Waals surface area (Å²) in [4.78, 5) is 24.9. The molecule has 0 saturated carbocycles. The third kappa shape index (κ3) is 5.66. The van der Waals surface area contributed by atoms with Crippen LogP contribution in [0, 0.1) is 5.92 Å². The van der Waals surface area contributed by atoms with E-state index in [1.54, 1.807) is 0 Å². The molecule has 8 nitrogen and oxygen atoms in total. The van der Waals surface area contributed by atoms with Crippen LogP contribution in [0.2, 0.25) is 0 Å². The Morgan fingerprint density at radius 3 is 2.25 bits per heavy atom. The molecule has 144 valence electrons. The van der Waals surface area contributed by atoms with Crippen molar-refractivity contribution in [2.75, 3.05) is 17.3 Å². The lowest BCUT2D eigenvalue weighted by molar-refractivity contribution is 0.135. The van der Waals surface area contributed by atoms with Crippen molar-refractivity contribution in [3.63, 3.8) is 0 Å². The Balaban J connectivity index is 1.80. The molecule has 28 heavy (non-hydrogen) atoms. The molecule has 0 aliphatic carbocycles. The molecule has 1 amide bonds. The number of ether oxygens (including phenoxy) is 1. The Labute approximate surface area is 163 Å². The number of benzene rings is 2. The quantitative estimate of drug-likeness (QED) is 0.534. The molecule has 0 radical (unpaired) electrons. The molecule has 3 N–H and O–H groups in total. The molecule has 1 aromatic heterocycles. The normalized spacial score (nSPS) is 10.4. The number of amides is 1. The van der Waals surface area contributed by atoms with Gasteiger partial charge in [0, 0.05) is 11.3 Å². The molecule has 0 unspecified atom stereocenters. The van der Waals surface area contributed by atoms with Gasteiger partial charge in [0.25, 0.3) is 0 Å². The first kappa shape index (κ1) is 19.1. The van der Waals surface area contributed by atoms with Gasteiger partial charge in [-0.15, -0.1) is 0 Å². The minimum atomic E-state index is -0.604. The van der Waals surface area contributed by atoms with Crippen LogP contribution in [0.25, 0.3) is 11.4 Å². The number of para-hydroxylation sites is 1. The van der Waals surface area contributed by atoms with Crippen molar-refractivity contribution in [3.8, 4) is 11.4 Å². The largest absolute Gasteiger partial charge is 0.448 e. The molecule has 0 bridgehead atoms. The molecule has 0 atom stereocenters. The predicted molar refractivity (Wildman–Crippen MR) is 108 cm³/mol. The van der Waals surface area contributed by atoms with Gasteiger partial charge in [-0.3, -0.25) is 5.43 Å². The Bertz CT molecular complexity index is 903. The highest BCUT2D eigenvalue weighted by atomic mass is 16.6. The summed E-state index contributed by atoms with van der Waals surface area (Å²) in [6.45, 7) is 4.24. The van der Waals surface area contributed by atoms with Gasteiger partial charge in [0.15, 0.2) is 5.82 Å². The topological polar surface area (TPSA) is 101 Å². The van der Waals surface area contributed by atoms with Crippen molar-refractivity contribution in [1.29, 1.82) is 0 Å². The molecule has 0 saturated heterocycles. The second kappa shape index (κ2) is 9.31. The van der Waals surface area contributed by atoms with E-state index in [9.17, 15) is 4.79 Å². The number of hydrogen-bond donors (Lipinski definition) is 3. The molecule has 0 aliphatic heterocycles. The van der Waals surface area contributed by atoms with E-state index >= 15 is 0 Å². The van der Waals surface area contributed by atoms with Crippen molar-refractivity contribution in [2.24, 2.45) is 5.92 Å². The lowest BCUT2D eigenvalue weighted by atomic mass is 10.2. The summed E-state index contributed by atoms with van der Waals surface area (Å²) in [7, 11) is 0. The molecule has 2 aromatic carbocycles. The number of rotatable bonds is 7. The summed E-state index contributed by atoms with van der Waals surface area (Å²) >= 11 is 0. The average Bonchev–Trinajstić information content (AvgIpc) is 2.72. The van der Waals surface area contributed by atoms with Crippen molar-refractivity contribution in [3.05, 3.63) is 60.7 Å². The van der Waals surface area contributed by atoms with Crippen LogP contribution < -0.4 is 16.2 Å². The van der Waals surface area contributed by atoms with Crippen LogP contribution in [-0.4, -0.2) is 27.7 Å². The number of nitrogens with one attached hydrogen (secondary N) is 3. The highest BCUT2D eigenvalue weighted by Gasteiger charge is 2.10. The third-order valence-electron chi connectivity index (χ3n) is 3.52. The smallest absolute Gasteiger partial charge is 0.426 e. The Morgan fingerprint density at radius 1 is 0.929 bits per heavy atom. The maximum atomic E-state index is 11.8. The van der Waals surface area contributed by atoms with Crippen molar-refractivity contribution in [2.45, 2.75) is 13.8 Å². The van der Waals surface area contributed by atoms with Gasteiger partial charge in [-0.25, -0.2) is 10.2 Å². The standard InChI is InChI=1S/C20H22N6O2/c1-14(2)13-28-20(27)26-25-19-23-17(15-9-5-3-6-10-15)22-18(24-19)21-16-11-7-4-8-12-16/h3-12,14H,13H2,1-2H3,(H,26,27)(H2,21,22,23,24,25). The zero-order valence-electron chi connectivity index (χ0n) is 15.7. The zero-order chi connectivity index (χ0) is 19.8. The molecule has 0 fully saturated rings. The lowest BCUT2D eigenvalue weighted by Crippen LogP contribution is -2.32. The molecule has 3 aromatic rings. The van der Waals surface area contributed by atoms with Gasteiger partial charge in [-0.1, -0.05) is 62.4 Å². The first-order valence-corrected chi connectivity index (χ1v) is 8.92. The van der Waals surface area contributed by atoms with Crippen LogP contribution in [0.3, 0.4) is 0 Å². The Morgan fingerprint density at radius 2 is 1.57 bits per heavy atom. The van der Waals surface area contributed by atoms with E-state index in [2.05, 4.69) is 31.1 Å². The number of hydrazine groups is 1. The first-order valence-electron chi connectivity index (χ1n) is 8.92. The SMILES string of the molecule is CC(C)COC(=O)NNc1nc(Nc2ccccc2)nc(-c2ccccc2)n1. The van der Waals surface area contributed by atoms with Crippen LogP contribution in [0.1, 0.15) is 13.8 Å². The fourth-order valence-corrected chi connectivity index (χ4v) is 2.24. The van der Waals surface area contributed by atoms with Gasteiger partial charge >= 0.3 is 6.09 Å². The van der Waals surface area contributed by atoms with Crippen LogP contribution in [-0.2, 0) is 4.74 Å². The summed E-state index contributed by atoms with van der Waals surface area (Å²) in [6, 6.07) is 19.1. The number of carbonyl (C=O) groups is 1. The van der Waals surface area contributed by atoms with E-state index in [1.807, 2.05) is 74.5 Å². The van der Waals surface area contributed by atoms with Crippen LogP contribution >= 0.6 is 0 Å².